The molecule has 0 bridgehead atoms. The molecule has 0 aliphatic heterocycles. The molecule has 0 saturated carbocycles. The smallest absolute Gasteiger partial charge is 0.139 e. The number of nitrogens with zero attached hydrogens (tertiary/aromatic N) is 3. The molecule has 1 aromatic carbocycles. The first kappa shape index (κ1) is 9.95. The summed E-state index contributed by atoms with van der Waals surface area (Å²) in [5, 5.41) is 12.6. The van der Waals surface area contributed by atoms with Crippen molar-refractivity contribution in [1.82, 2.24) is 0 Å². The molecule has 0 aromatic heterocycles. The van der Waals surface area contributed by atoms with Gasteiger partial charge in [0.05, 0.1) is 5.69 Å². The van der Waals surface area contributed by atoms with Crippen molar-refractivity contribution in [1.29, 1.82) is 0 Å². The first-order chi connectivity index (χ1) is 6.74. The standard InChI is InChI=1S/C9H10N4O/c10-8-4-3-7(6-9(8)14)2-1-5-12-13-11/h1-4,6,14H,5,10H2. The lowest BCUT2D eigenvalue weighted by atomic mass is 10.2. The van der Waals surface area contributed by atoms with Crippen molar-refractivity contribution in [2.24, 2.45) is 5.11 Å². The van der Waals surface area contributed by atoms with Gasteiger partial charge in [0.15, 0.2) is 0 Å². The average molecular weight is 190 g/mol. The van der Waals surface area contributed by atoms with Crippen molar-refractivity contribution in [2.75, 3.05) is 12.3 Å². The van der Waals surface area contributed by atoms with Crippen LogP contribution in [0.5, 0.6) is 5.75 Å². The molecule has 0 aliphatic carbocycles. The van der Waals surface area contributed by atoms with Gasteiger partial charge in [0.25, 0.3) is 0 Å². The Morgan fingerprint density at radius 1 is 1.57 bits per heavy atom. The lowest BCUT2D eigenvalue weighted by Crippen LogP contribution is -1.85. The van der Waals surface area contributed by atoms with Crippen molar-refractivity contribution in [3.05, 3.63) is 40.3 Å². The van der Waals surface area contributed by atoms with Gasteiger partial charge in [0, 0.05) is 11.5 Å². The third kappa shape index (κ3) is 2.73. The molecule has 0 fully saturated rings. The summed E-state index contributed by atoms with van der Waals surface area (Å²) in [6.45, 7) is 0.293. The summed E-state index contributed by atoms with van der Waals surface area (Å²) in [6.07, 6.45) is 3.44. The summed E-state index contributed by atoms with van der Waals surface area (Å²) >= 11 is 0. The van der Waals surface area contributed by atoms with Gasteiger partial charge in [-0.05, 0) is 23.2 Å². The van der Waals surface area contributed by atoms with Crippen LogP contribution >= 0.6 is 0 Å². The van der Waals surface area contributed by atoms with E-state index in [0.717, 1.165) is 5.56 Å². The fourth-order valence-corrected chi connectivity index (χ4v) is 0.937. The van der Waals surface area contributed by atoms with Gasteiger partial charge in [0.1, 0.15) is 5.75 Å². The second-order valence-corrected chi connectivity index (χ2v) is 2.63. The predicted molar refractivity (Wildman–Crippen MR) is 55.6 cm³/mol. The molecule has 1 rings (SSSR count). The Hall–Kier alpha value is -2.13. The number of nitrogens with two attached hydrogens (primary N) is 1. The molecule has 5 heteroatoms. The van der Waals surface area contributed by atoms with E-state index in [1.807, 2.05) is 0 Å². The van der Waals surface area contributed by atoms with Gasteiger partial charge >= 0.3 is 0 Å². The number of anilines is 1. The van der Waals surface area contributed by atoms with Crippen molar-refractivity contribution >= 4 is 11.8 Å². The number of rotatable bonds is 3. The Morgan fingerprint density at radius 3 is 3.00 bits per heavy atom. The third-order valence-electron chi connectivity index (χ3n) is 1.62. The SMILES string of the molecule is [N-]=[N+]=NCC=Cc1ccc(N)c(O)c1. The highest BCUT2D eigenvalue weighted by atomic mass is 16.3. The monoisotopic (exact) mass is 190 g/mol. The Morgan fingerprint density at radius 2 is 2.36 bits per heavy atom. The van der Waals surface area contributed by atoms with Gasteiger partial charge < -0.3 is 10.8 Å². The zero-order chi connectivity index (χ0) is 10.4. The molecule has 0 amide bonds. The Bertz CT molecular complexity index is 394. The van der Waals surface area contributed by atoms with Gasteiger partial charge in [-0.2, -0.15) is 0 Å². The fraction of sp³-hybridized carbons (Fsp3) is 0.111. The van der Waals surface area contributed by atoms with E-state index in [0.29, 0.717) is 12.2 Å². The van der Waals surface area contributed by atoms with Crippen LogP contribution < -0.4 is 5.73 Å². The van der Waals surface area contributed by atoms with E-state index in [1.165, 1.54) is 0 Å². The average Bonchev–Trinajstić information content (AvgIpc) is 2.18. The minimum atomic E-state index is 0.0518. The Balaban J connectivity index is 2.72. The molecule has 1 aromatic rings. The highest BCUT2D eigenvalue weighted by molar-refractivity contribution is 5.60. The van der Waals surface area contributed by atoms with Crippen LogP contribution in [-0.2, 0) is 0 Å². The van der Waals surface area contributed by atoms with Crippen LogP contribution in [0.15, 0.2) is 29.4 Å². The molecule has 0 spiro atoms. The minimum absolute atomic E-state index is 0.0518. The number of azide groups is 1. The van der Waals surface area contributed by atoms with E-state index in [4.69, 9.17) is 11.3 Å². The number of hydrogen-bond donors (Lipinski definition) is 2. The summed E-state index contributed by atoms with van der Waals surface area (Å²) < 4.78 is 0. The molecule has 0 saturated heterocycles. The number of benzene rings is 1. The van der Waals surface area contributed by atoms with Crippen LogP contribution in [-0.4, -0.2) is 11.7 Å². The molecular formula is C9H10N4O. The van der Waals surface area contributed by atoms with Gasteiger partial charge in [-0.25, -0.2) is 0 Å². The van der Waals surface area contributed by atoms with Gasteiger partial charge in [0.2, 0.25) is 0 Å². The van der Waals surface area contributed by atoms with Crippen LogP contribution in [0.1, 0.15) is 5.56 Å². The van der Waals surface area contributed by atoms with Crippen molar-refractivity contribution in [3.8, 4) is 5.75 Å². The summed E-state index contributed by atoms with van der Waals surface area (Å²) in [6, 6.07) is 4.92. The molecule has 0 radical (unpaired) electrons. The van der Waals surface area contributed by atoms with Crippen molar-refractivity contribution in [3.63, 3.8) is 0 Å². The molecule has 0 heterocycles. The Labute approximate surface area is 81.1 Å². The lowest BCUT2D eigenvalue weighted by molar-refractivity contribution is 0.478. The number of phenols is 1. The van der Waals surface area contributed by atoms with Crippen LogP contribution in [0.4, 0.5) is 5.69 Å². The molecule has 0 unspecified atom stereocenters. The van der Waals surface area contributed by atoms with Crippen LogP contribution in [0.2, 0.25) is 0 Å². The molecule has 5 nitrogen and oxygen atoms in total. The minimum Gasteiger partial charge on any atom is -0.506 e. The quantitative estimate of drug-likeness (QED) is 0.251. The number of phenolic OH excluding ortho intramolecular Hbond substituents is 1. The van der Waals surface area contributed by atoms with Crippen LogP contribution in [0.3, 0.4) is 0 Å². The second kappa shape index (κ2) is 4.79. The summed E-state index contributed by atoms with van der Waals surface area (Å²) in [5.41, 5.74) is 14.6. The molecule has 72 valence electrons. The summed E-state index contributed by atoms with van der Waals surface area (Å²) in [7, 11) is 0. The molecular weight excluding hydrogens is 180 g/mol. The zero-order valence-electron chi connectivity index (χ0n) is 7.46. The predicted octanol–water partition coefficient (Wildman–Crippen LogP) is 2.30. The van der Waals surface area contributed by atoms with Crippen LogP contribution in [0, 0.1) is 0 Å². The summed E-state index contributed by atoms with van der Waals surface area (Å²) in [5.74, 6) is 0.0518. The van der Waals surface area contributed by atoms with E-state index in [-0.39, 0.29) is 5.75 Å². The van der Waals surface area contributed by atoms with Crippen LogP contribution in [0.25, 0.3) is 16.5 Å². The number of aromatic hydroxyl groups is 1. The first-order valence-electron chi connectivity index (χ1n) is 4.00. The fourth-order valence-electron chi connectivity index (χ4n) is 0.937. The number of nitrogen functional groups attached to an aromatic ring is 1. The van der Waals surface area contributed by atoms with E-state index in [9.17, 15) is 5.11 Å². The molecule has 0 atom stereocenters. The van der Waals surface area contributed by atoms with Gasteiger partial charge in [-0.15, -0.1) is 0 Å². The normalized spacial score (nSPS) is 10.0. The second-order valence-electron chi connectivity index (χ2n) is 2.63. The van der Waals surface area contributed by atoms with E-state index in [1.54, 1.807) is 30.4 Å². The maximum Gasteiger partial charge on any atom is 0.139 e. The van der Waals surface area contributed by atoms with Gasteiger partial charge in [-0.3, -0.25) is 0 Å². The third-order valence-corrected chi connectivity index (χ3v) is 1.62. The molecule has 14 heavy (non-hydrogen) atoms. The van der Waals surface area contributed by atoms with Crippen molar-refractivity contribution in [2.45, 2.75) is 0 Å². The maximum atomic E-state index is 9.26. The Kier molecular flexibility index (Phi) is 3.41. The van der Waals surface area contributed by atoms with E-state index < -0.39 is 0 Å². The van der Waals surface area contributed by atoms with Gasteiger partial charge in [-0.1, -0.05) is 23.3 Å². The van der Waals surface area contributed by atoms with E-state index in [2.05, 4.69) is 10.0 Å². The first-order valence-corrected chi connectivity index (χ1v) is 4.00. The molecule has 3 N–H and O–H groups in total. The lowest BCUT2D eigenvalue weighted by Gasteiger charge is -1.98. The summed E-state index contributed by atoms with van der Waals surface area (Å²) in [4.78, 5) is 2.60. The topological polar surface area (TPSA) is 95.0 Å². The largest absolute Gasteiger partial charge is 0.506 e. The zero-order valence-corrected chi connectivity index (χ0v) is 7.46. The number of hydrogen-bond acceptors (Lipinski definition) is 3. The molecule has 0 aliphatic rings. The highest BCUT2D eigenvalue weighted by Gasteiger charge is 1.94. The van der Waals surface area contributed by atoms with Crippen molar-refractivity contribution < 1.29 is 5.11 Å². The van der Waals surface area contributed by atoms with E-state index >= 15 is 0 Å². The highest BCUT2D eigenvalue weighted by Crippen LogP contribution is 2.21. The maximum absolute atomic E-state index is 9.26.